The number of carbonyl (C=O) groups is 2. The van der Waals surface area contributed by atoms with E-state index in [1.165, 1.54) is 23.8 Å². The molecule has 7 nitrogen and oxygen atoms in total. The summed E-state index contributed by atoms with van der Waals surface area (Å²) in [4.78, 5) is 25.0. The third-order valence-corrected chi connectivity index (χ3v) is 2.59. The highest BCUT2D eigenvalue weighted by atomic mass is 16.5. The van der Waals surface area contributed by atoms with Crippen molar-refractivity contribution in [2.45, 2.75) is 13.3 Å². The Labute approximate surface area is 112 Å². The number of aryl methyl sites for hydroxylation is 1. The minimum atomic E-state index is -0.454. The molecule has 0 spiro atoms. The molecule has 0 fully saturated rings. The molecule has 0 saturated heterocycles. The van der Waals surface area contributed by atoms with Crippen LogP contribution in [0.2, 0.25) is 0 Å². The van der Waals surface area contributed by atoms with E-state index in [1.807, 2.05) is 6.92 Å². The first-order chi connectivity index (χ1) is 9.03. The molecule has 0 radical (unpaired) electrons. The summed E-state index contributed by atoms with van der Waals surface area (Å²) in [6.45, 7) is 2.31. The van der Waals surface area contributed by atoms with Gasteiger partial charge in [0, 0.05) is 19.7 Å². The lowest BCUT2D eigenvalue weighted by atomic mass is 10.3. The average Bonchev–Trinajstić information content (AvgIpc) is 2.78. The van der Waals surface area contributed by atoms with Gasteiger partial charge < -0.3 is 14.4 Å². The van der Waals surface area contributed by atoms with Crippen LogP contribution >= 0.6 is 0 Å². The fraction of sp³-hybridized carbons (Fsp3) is 0.583. The minimum Gasteiger partial charge on any atom is -0.481 e. The van der Waals surface area contributed by atoms with Gasteiger partial charge in [0.1, 0.15) is 6.54 Å². The molecule has 0 aliphatic heterocycles. The van der Waals surface area contributed by atoms with E-state index < -0.39 is 5.97 Å². The third kappa shape index (κ3) is 3.70. The molecule has 1 heterocycles. The fourth-order valence-corrected chi connectivity index (χ4v) is 1.65. The largest absolute Gasteiger partial charge is 0.481 e. The number of hydrogen-bond donors (Lipinski definition) is 0. The molecule has 0 N–H and O–H groups in total. The predicted octanol–water partition coefficient (Wildman–Crippen LogP) is 0.454. The van der Waals surface area contributed by atoms with E-state index >= 15 is 0 Å². The van der Waals surface area contributed by atoms with Gasteiger partial charge in [-0.3, -0.25) is 9.59 Å². The third-order valence-electron chi connectivity index (χ3n) is 2.59. The Morgan fingerprint density at radius 3 is 2.58 bits per heavy atom. The average molecular weight is 269 g/mol. The van der Waals surface area contributed by atoms with E-state index in [0.717, 1.165) is 6.42 Å². The van der Waals surface area contributed by atoms with Crippen LogP contribution in [0.25, 0.3) is 0 Å². The number of hydrogen-bond acceptors (Lipinski definition) is 5. The lowest BCUT2D eigenvalue weighted by molar-refractivity contribution is -0.141. The Bertz CT molecular complexity index is 456. The predicted molar refractivity (Wildman–Crippen MR) is 68.0 cm³/mol. The number of ether oxygens (including phenoxy) is 2. The summed E-state index contributed by atoms with van der Waals surface area (Å²) < 4.78 is 11.1. The van der Waals surface area contributed by atoms with Crippen LogP contribution in [0.4, 0.5) is 0 Å². The molecule has 0 atom stereocenters. The quantitative estimate of drug-likeness (QED) is 0.701. The maximum absolute atomic E-state index is 12.3. The Morgan fingerprint density at radius 2 is 2.11 bits per heavy atom. The van der Waals surface area contributed by atoms with E-state index in [0.29, 0.717) is 12.4 Å². The lowest BCUT2D eigenvalue weighted by Crippen LogP contribution is -2.37. The van der Waals surface area contributed by atoms with Crippen molar-refractivity contribution in [2.24, 2.45) is 7.05 Å². The minimum absolute atomic E-state index is 0.0813. The van der Waals surface area contributed by atoms with Gasteiger partial charge >= 0.3 is 5.97 Å². The van der Waals surface area contributed by atoms with E-state index in [9.17, 15) is 9.59 Å². The van der Waals surface area contributed by atoms with Gasteiger partial charge in [-0.05, 0) is 6.42 Å². The zero-order valence-corrected chi connectivity index (χ0v) is 11.7. The lowest BCUT2D eigenvalue weighted by Gasteiger charge is -2.19. The molecule has 0 aliphatic carbocycles. The van der Waals surface area contributed by atoms with Crippen LogP contribution in [0.5, 0.6) is 5.88 Å². The molecule has 0 aromatic carbocycles. The van der Waals surface area contributed by atoms with Gasteiger partial charge in [0.05, 0.1) is 14.2 Å². The number of esters is 1. The number of aromatic nitrogens is 2. The molecule has 0 bridgehead atoms. The summed E-state index contributed by atoms with van der Waals surface area (Å²) in [5, 5.41) is 4.07. The second kappa shape index (κ2) is 6.77. The number of rotatable bonds is 6. The van der Waals surface area contributed by atoms with Crippen LogP contribution in [0.3, 0.4) is 0 Å². The molecule has 19 heavy (non-hydrogen) atoms. The highest BCUT2D eigenvalue weighted by Crippen LogP contribution is 2.13. The number of carbonyl (C=O) groups excluding carboxylic acids is 2. The topological polar surface area (TPSA) is 73.7 Å². The number of nitrogens with zero attached hydrogens (tertiary/aromatic N) is 3. The van der Waals surface area contributed by atoms with Crippen molar-refractivity contribution in [3.05, 3.63) is 11.8 Å². The summed E-state index contributed by atoms with van der Waals surface area (Å²) in [5.41, 5.74) is 0.247. The Balaban J connectivity index is 2.88. The highest BCUT2D eigenvalue weighted by molar-refractivity contribution is 5.94. The first-order valence-corrected chi connectivity index (χ1v) is 5.97. The maximum atomic E-state index is 12.3. The van der Waals surface area contributed by atoms with Crippen molar-refractivity contribution >= 4 is 11.9 Å². The van der Waals surface area contributed by atoms with E-state index in [2.05, 4.69) is 9.84 Å². The second-order valence-electron chi connectivity index (χ2n) is 4.00. The molecule has 7 heteroatoms. The molecule has 1 aromatic rings. The Morgan fingerprint density at radius 1 is 1.42 bits per heavy atom. The van der Waals surface area contributed by atoms with Crippen molar-refractivity contribution in [3.63, 3.8) is 0 Å². The van der Waals surface area contributed by atoms with E-state index in [1.54, 1.807) is 13.1 Å². The van der Waals surface area contributed by atoms with Gasteiger partial charge in [0.15, 0.2) is 5.69 Å². The molecule has 0 saturated carbocycles. The molecule has 0 unspecified atom stereocenters. The molecule has 1 amide bonds. The molecule has 1 rings (SSSR count). The molecular weight excluding hydrogens is 250 g/mol. The smallest absolute Gasteiger partial charge is 0.325 e. The fourth-order valence-electron chi connectivity index (χ4n) is 1.65. The van der Waals surface area contributed by atoms with Gasteiger partial charge in [0.25, 0.3) is 5.91 Å². The zero-order chi connectivity index (χ0) is 14.4. The van der Waals surface area contributed by atoms with Crippen molar-refractivity contribution in [1.29, 1.82) is 0 Å². The van der Waals surface area contributed by atoms with E-state index in [4.69, 9.17) is 4.74 Å². The van der Waals surface area contributed by atoms with Gasteiger partial charge in [0.2, 0.25) is 5.88 Å². The zero-order valence-electron chi connectivity index (χ0n) is 11.7. The maximum Gasteiger partial charge on any atom is 0.325 e. The molecule has 1 aromatic heterocycles. The van der Waals surface area contributed by atoms with Gasteiger partial charge in [-0.15, -0.1) is 0 Å². The van der Waals surface area contributed by atoms with Crippen molar-refractivity contribution in [1.82, 2.24) is 14.7 Å². The SMILES string of the molecule is CCCN(CC(=O)OC)C(=O)c1cc(OC)n(C)n1. The second-order valence-corrected chi connectivity index (χ2v) is 4.00. The summed E-state index contributed by atoms with van der Waals surface area (Å²) >= 11 is 0. The van der Waals surface area contributed by atoms with Crippen molar-refractivity contribution in [3.8, 4) is 5.88 Å². The van der Waals surface area contributed by atoms with Crippen LogP contribution in [0.15, 0.2) is 6.07 Å². The normalized spacial score (nSPS) is 10.1. The molecular formula is C12H19N3O4. The number of methoxy groups -OCH3 is 2. The Kier molecular flexibility index (Phi) is 5.35. The van der Waals surface area contributed by atoms with Crippen LogP contribution in [-0.2, 0) is 16.6 Å². The first-order valence-electron chi connectivity index (χ1n) is 5.97. The summed E-state index contributed by atoms with van der Waals surface area (Å²) in [6, 6.07) is 1.54. The highest BCUT2D eigenvalue weighted by Gasteiger charge is 2.22. The van der Waals surface area contributed by atoms with Crippen LogP contribution < -0.4 is 4.74 Å². The van der Waals surface area contributed by atoms with Crippen molar-refractivity contribution < 1.29 is 19.1 Å². The molecule has 106 valence electrons. The van der Waals surface area contributed by atoms with Crippen LogP contribution in [-0.4, -0.2) is 53.9 Å². The van der Waals surface area contributed by atoms with E-state index in [-0.39, 0.29) is 18.1 Å². The van der Waals surface area contributed by atoms with Gasteiger partial charge in [-0.1, -0.05) is 6.92 Å². The van der Waals surface area contributed by atoms with Crippen molar-refractivity contribution in [2.75, 3.05) is 27.3 Å². The molecule has 0 aliphatic rings. The van der Waals surface area contributed by atoms with Gasteiger partial charge in [-0.25, -0.2) is 4.68 Å². The van der Waals surface area contributed by atoms with Gasteiger partial charge in [-0.2, -0.15) is 5.10 Å². The van der Waals surface area contributed by atoms with Crippen LogP contribution in [0.1, 0.15) is 23.8 Å². The van der Waals surface area contributed by atoms with Crippen LogP contribution in [0, 0.1) is 0 Å². The Hall–Kier alpha value is -2.05. The number of amides is 1. The summed E-state index contributed by atoms with van der Waals surface area (Å²) in [5.74, 6) is -0.284. The summed E-state index contributed by atoms with van der Waals surface area (Å²) in [6.07, 6.45) is 0.743. The monoisotopic (exact) mass is 269 g/mol. The summed E-state index contributed by atoms with van der Waals surface area (Å²) in [7, 11) is 4.48. The first kappa shape index (κ1) is 15.0. The standard InChI is InChI=1S/C12H19N3O4/c1-5-6-15(8-11(16)19-4)12(17)9-7-10(18-3)14(2)13-9/h7H,5-6,8H2,1-4H3.